The Labute approximate surface area is 129 Å². The van der Waals surface area contributed by atoms with Crippen molar-refractivity contribution in [2.24, 2.45) is 5.92 Å². The highest BCUT2D eigenvalue weighted by molar-refractivity contribution is 7.99. The average molecular weight is 294 g/mol. The Kier molecular flexibility index (Phi) is 8.32. The van der Waals surface area contributed by atoms with Gasteiger partial charge >= 0.3 is 0 Å². The first-order valence-electron chi connectivity index (χ1n) is 8.06. The number of hydrogen-bond acceptors (Lipinski definition) is 2. The highest BCUT2D eigenvalue weighted by Crippen LogP contribution is 2.28. The lowest BCUT2D eigenvalue weighted by Gasteiger charge is -2.26. The van der Waals surface area contributed by atoms with Crippen LogP contribution in [0.4, 0.5) is 0 Å². The third-order valence-corrected chi connectivity index (χ3v) is 5.54. The molecule has 3 unspecified atom stereocenters. The van der Waals surface area contributed by atoms with Crippen LogP contribution in [0.1, 0.15) is 58.2 Å². The van der Waals surface area contributed by atoms with Crippen LogP contribution in [0.5, 0.6) is 0 Å². The van der Waals surface area contributed by atoms with E-state index in [-0.39, 0.29) is 0 Å². The monoisotopic (exact) mass is 293 g/mol. The Balaban J connectivity index is 2.70. The highest BCUT2D eigenvalue weighted by Gasteiger charge is 2.19. The van der Waals surface area contributed by atoms with Gasteiger partial charge in [-0.25, -0.2) is 0 Å². The minimum Gasteiger partial charge on any atom is -0.309 e. The summed E-state index contributed by atoms with van der Waals surface area (Å²) in [7, 11) is 0. The summed E-state index contributed by atoms with van der Waals surface area (Å²) in [5.41, 5.74) is 2.84. The first-order chi connectivity index (χ1) is 9.62. The van der Waals surface area contributed by atoms with Gasteiger partial charge < -0.3 is 5.32 Å². The molecule has 0 aromatic heterocycles. The van der Waals surface area contributed by atoms with Gasteiger partial charge in [0.05, 0.1) is 0 Å². The van der Waals surface area contributed by atoms with Gasteiger partial charge in [0.1, 0.15) is 0 Å². The van der Waals surface area contributed by atoms with Crippen LogP contribution in [0.3, 0.4) is 0 Å². The molecule has 1 nitrogen and oxygen atoms in total. The zero-order chi connectivity index (χ0) is 15.0. The lowest BCUT2D eigenvalue weighted by atomic mass is 10.0. The molecule has 0 bridgehead atoms. The molecule has 0 radical (unpaired) electrons. The molecule has 0 fully saturated rings. The van der Waals surface area contributed by atoms with Gasteiger partial charge in [-0.3, -0.25) is 0 Å². The summed E-state index contributed by atoms with van der Waals surface area (Å²) in [4.78, 5) is 0. The molecule has 2 heteroatoms. The van der Waals surface area contributed by atoms with Crippen LogP contribution in [-0.4, -0.2) is 17.5 Å². The molecule has 1 aromatic carbocycles. The maximum absolute atomic E-state index is 3.66. The third-order valence-electron chi connectivity index (χ3n) is 3.98. The van der Waals surface area contributed by atoms with E-state index in [4.69, 9.17) is 0 Å². The van der Waals surface area contributed by atoms with Crippen LogP contribution in [0.15, 0.2) is 24.3 Å². The van der Waals surface area contributed by atoms with Gasteiger partial charge in [-0.05, 0) is 35.8 Å². The Morgan fingerprint density at radius 1 is 1.05 bits per heavy atom. The molecule has 0 aliphatic heterocycles. The molecule has 0 saturated heterocycles. The van der Waals surface area contributed by atoms with Gasteiger partial charge in [0.2, 0.25) is 0 Å². The van der Waals surface area contributed by atoms with Gasteiger partial charge in [-0.15, -0.1) is 0 Å². The summed E-state index contributed by atoms with van der Waals surface area (Å²) in [6.07, 6.45) is 2.39. The van der Waals surface area contributed by atoms with Crippen LogP contribution >= 0.6 is 11.8 Å². The lowest BCUT2D eigenvalue weighted by Crippen LogP contribution is -2.29. The summed E-state index contributed by atoms with van der Waals surface area (Å²) in [6.45, 7) is 12.4. The van der Waals surface area contributed by atoms with Gasteiger partial charge in [0, 0.05) is 11.3 Å². The van der Waals surface area contributed by atoms with E-state index < -0.39 is 0 Å². The zero-order valence-corrected chi connectivity index (χ0v) is 14.6. The van der Waals surface area contributed by atoms with E-state index in [1.54, 1.807) is 0 Å². The van der Waals surface area contributed by atoms with E-state index in [9.17, 15) is 0 Å². The molecule has 1 rings (SSSR count). The van der Waals surface area contributed by atoms with Crippen LogP contribution in [0.2, 0.25) is 0 Å². The van der Waals surface area contributed by atoms with Crippen molar-refractivity contribution in [1.82, 2.24) is 5.32 Å². The van der Waals surface area contributed by atoms with Gasteiger partial charge in [0.25, 0.3) is 0 Å². The zero-order valence-electron chi connectivity index (χ0n) is 13.8. The van der Waals surface area contributed by atoms with Crippen molar-refractivity contribution in [3.05, 3.63) is 35.4 Å². The van der Waals surface area contributed by atoms with Gasteiger partial charge in [0.15, 0.2) is 0 Å². The first kappa shape index (κ1) is 17.6. The summed E-state index contributed by atoms with van der Waals surface area (Å²) in [5, 5.41) is 4.26. The maximum Gasteiger partial charge on any atom is 0.0437 e. The smallest absolute Gasteiger partial charge is 0.0437 e. The van der Waals surface area contributed by atoms with Crippen LogP contribution < -0.4 is 5.32 Å². The summed E-state index contributed by atoms with van der Waals surface area (Å²) in [5.74, 6) is 2.07. The summed E-state index contributed by atoms with van der Waals surface area (Å²) >= 11 is 2.10. The molecular weight excluding hydrogens is 262 g/mol. The van der Waals surface area contributed by atoms with Crippen molar-refractivity contribution in [2.75, 3.05) is 12.3 Å². The predicted molar refractivity (Wildman–Crippen MR) is 93.6 cm³/mol. The second-order valence-electron chi connectivity index (χ2n) is 5.68. The normalized spacial score (nSPS) is 15.8. The second-order valence-corrected chi connectivity index (χ2v) is 7.09. The van der Waals surface area contributed by atoms with Crippen molar-refractivity contribution in [3.8, 4) is 0 Å². The molecule has 0 aliphatic rings. The predicted octanol–water partition coefficient (Wildman–Crippen LogP) is 5.07. The fraction of sp³-hybridized carbons (Fsp3) is 0.667. The van der Waals surface area contributed by atoms with Crippen molar-refractivity contribution >= 4 is 11.8 Å². The number of hydrogen-bond donors (Lipinski definition) is 1. The Morgan fingerprint density at radius 2 is 1.70 bits per heavy atom. The van der Waals surface area contributed by atoms with E-state index in [2.05, 4.69) is 76.0 Å². The molecule has 1 aromatic rings. The van der Waals surface area contributed by atoms with Crippen LogP contribution in [-0.2, 0) is 6.42 Å². The summed E-state index contributed by atoms with van der Waals surface area (Å²) in [6, 6.07) is 9.59. The van der Waals surface area contributed by atoms with E-state index in [1.807, 2.05) is 0 Å². The SMILES string of the molecule is CCNC(c1ccc(CC)cc1)C(C)SCC(C)CC. The number of rotatable bonds is 9. The van der Waals surface area contributed by atoms with E-state index >= 15 is 0 Å². The Bertz CT molecular complexity index is 360. The van der Waals surface area contributed by atoms with E-state index in [1.165, 1.54) is 23.3 Å². The number of aryl methyl sites for hydroxylation is 1. The topological polar surface area (TPSA) is 12.0 Å². The summed E-state index contributed by atoms with van der Waals surface area (Å²) < 4.78 is 0. The minimum absolute atomic E-state index is 0.458. The molecule has 114 valence electrons. The maximum atomic E-state index is 3.66. The Morgan fingerprint density at radius 3 is 2.20 bits per heavy atom. The lowest BCUT2D eigenvalue weighted by molar-refractivity contribution is 0.545. The average Bonchev–Trinajstić information content (AvgIpc) is 2.50. The van der Waals surface area contributed by atoms with E-state index in [0.29, 0.717) is 11.3 Å². The molecule has 0 saturated carbocycles. The quantitative estimate of drug-likeness (QED) is 0.682. The van der Waals surface area contributed by atoms with E-state index in [0.717, 1.165) is 18.9 Å². The van der Waals surface area contributed by atoms with Gasteiger partial charge in [-0.2, -0.15) is 11.8 Å². The van der Waals surface area contributed by atoms with Crippen molar-refractivity contribution in [2.45, 2.75) is 58.8 Å². The van der Waals surface area contributed by atoms with Crippen molar-refractivity contribution in [1.29, 1.82) is 0 Å². The molecule has 0 spiro atoms. The van der Waals surface area contributed by atoms with Crippen molar-refractivity contribution < 1.29 is 0 Å². The largest absolute Gasteiger partial charge is 0.309 e. The minimum atomic E-state index is 0.458. The number of benzene rings is 1. The van der Waals surface area contributed by atoms with Gasteiger partial charge in [-0.1, -0.05) is 65.3 Å². The highest BCUT2D eigenvalue weighted by atomic mass is 32.2. The number of nitrogens with one attached hydrogen (secondary N) is 1. The standard InChI is InChI=1S/C18H31NS/c1-6-14(4)13-20-15(5)18(19-8-3)17-11-9-16(7-2)10-12-17/h9-12,14-15,18-19H,6-8,13H2,1-5H3. The van der Waals surface area contributed by atoms with Crippen LogP contribution in [0, 0.1) is 5.92 Å². The third kappa shape index (κ3) is 5.49. The molecule has 1 N–H and O–H groups in total. The molecule has 3 atom stereocenters. The molecule has 0 aliphatic carbocycles. The molecule has 20 heavy (non-hydrogen) atoms. The number of thioether (sulfide) groups is 1. The van der Waals surface area contributed by atoms with Crippen molar-refractivity contribution in [3.63, 3.8) is 0 Å². The van der Waals surface area contributed by atoms with Crippen LogP contribution in [0.25, 0.3) is 0 Å². The molecular formula is C18H31NS. The first-order valence-corrected chi connectivity index (χ1v) is 9.10. The fourth-order valence-electron chi connectivity index (χ4n) is 2.27. The second kappa shape index (κ2) is 9.46. The fourth-order valence-corrected chi connectivity index (χ4v) is 3.58. The molecule has 0 heterocycles. The molecule has 0 amide bonds. The Hall–Kier alpha value is -0.470.